The Labute approximate surface area is 204 Å². The van der Waals surface area contributed by atoms with E-state index in [1.165, 1.54) is 59.9 Å². The van der Waals surface area contributed by atoms with Crippen molar-refractivity contribution < 1.29 is 0 Å². The Balaban J connectivity index is 1.66. The predicted molar refractivity (Wildman–Crippen MR) is 149 cm³/mol. The number of benzene rings is 5. The van der Waals surface area contributed by atoms with Gasteiger partial charge in [0.2, 0.25) is 0 Å². The number of rotatable bonds is 3. The van der Waals surface area contributed by atoms with Gasteiger partial charge in [0, 0.05) is 22.5 Å². The second-order valence-electron chi connectivity index (χ2n) is 9.37. The van der Waals surface area contributed by atoms with Crippen LogP contribution in [0.3, 0.4) is 0 Å². The first-order chi connectivity index (χ1) is 17.3. The molecule has 0 fully saturated rings. The highest BCUT2D eigenvalue weighted by Crippen LogP contribution is 2.38. The summed E-state index contributed by atoms with van der Waals surface area (Å²) in [5, 5.41) is 8.90. The molecule has 0 aliphatic rings. The lowest BCUT2D eigenvalue weighted by molar-refractivity contribution is 1.09. The fourth-order valence-corrected chi connectivity index (χ4v) is 5.90. The molecule has 0 radical (unpaired) electrons. The smallest absolute Gasteiger partial charge is 0.145 e. The summed E-state index contributed by atoms with van der Waals surface area (Å²) in [6.45, 7) is 4.46. The van der Waals surface area contributed by atoms with E-state index in [0.29, 0.717) is 0 Å². The van der Waals surface area contributed by atoms with E-state index >= 15 is 0 Å². The summed E-state index contributed by atoms with van der Waals surface area (Å²) in [7, 11) is 0. The molecule has 35 heavy (non-hydrogen) atoms. The van der Waals surface area contributed by atoms with E-state index in [0.717, 1.165) is 24.2 Å². The molecule has 2 heterocycles. The molecule has 2 nitrogen and oxygen atoms in total. The van der Waals surface area contributed by atoms with Gasteiger partial charge in [-0.1, -0.05) is 98.8 Å². The number of nitrogens with zero attached hydrogens (tertiary/aromatic N) is 2. The zero-order valence-corrected chi connectivity index (χ0v) is 20.0. The van der Waals surface area contributed by atoms with Crippen LogP contribution < -0.4 is 0 Å². The first-order valence-corrected chi connectivity index (χ1v) is 12.5. The van der Waals surface area contributed by atoms with Crippen LogP contribution in [0.1, 0.15) is 25.0 Å². The van der Waals surface area contributed by atoms with E-state index in [2.05, 4.69) is 115 Å². The summed E-state index contributed by atoms with van der Waals surface area (Å²) in [5.74, 6) is 0. The van der Waals surface area contributed by atoms with Crippen LogP contribution in [0.25, 0.3) is 60.1 Å². The van der Waals surface area contributed by atoms with Gasteiger partial charge in [0.15, 0.2) is 0 Å². The first kappa shape index (κ1) is 20.2. The standard InChI is InChI=1S/C33H26N2/c1-3-21-11-9-12-22(4-2)31(21)29-20-35-30-19-18-25-24-13-6-5-10-23(24)16-17-27(25)32(30)26-14-7-8-15-28(26)33(35)34-29/h5-20H,3-4H2,1-2H3. The zero-order chi connectivity index (χ0) is 23.5. The molecule has 7 aromatic rings. The van der Waals surface area contributed by atoms with Crippen LogP contribution in [-0.2, 0) is 12.8 Å². The van der Waals surface area contributed by atoms with Gasteiger partial charge in [-0.2, -0.15) is 0 Å². The number of imidazole rings is 1. The number of pyridine rings is 1. The molecule has 5 aromatic carbocycles. The number of aryl methyl sites for hydroxylation is 2. The summed E-state index contributed by atoms with van der Waals surface area (Å²) in [6.07, 6.45) is 4.25. The number of fused-ring (bicyclic) bond motifs is 10. The third-order valence-electron chi connectivity index (χ3n) is 7.56. The van der Waals surface area contributed by atoms with E-state index in [4.69, 9.17) is 4.98 Å². The van der Waals surface area contributed by atoms with Crippen molar-refractivity contribution in [1.29, 1.82) is 0 Å². The van der Waals surface area contributed by atoms with Crippen molar-refractivity contribution >= 4 is 48.9 Å². The fraction of sp³-hybridized carbons (Fsp3) is 0.121. The molecular formula is C33H26N2. The minimum Gasteiger partial charge on any atom is -0.298 e. The molecule has 0 unspecified atom stereocenters. The molecule has 168 valence electrons. The van der Waals surface area contributed by atoms with Gasteiger partial charge in [-0.15, -0.1) is 0 Å². The molecule has 0 aliphatic carbocycles. The van der Waals surface area contributed by atoms with Crippen LogP contribution in [0.2, 0.25) is 0 Å². The molecule has 0 saturated carbocycles. The van der Waals surface area contributed by atoms with Gasteiger partial charge in [-0.25, -0.2) is 4.98 Å². The topological polar surface area (TPSA) is 17.3 Å². The van der Waals surface area contributed by atoms with Gasteiger partial charge >= 0.3 is 0 Å². The lowest BCUT2D eigenvalue weighted by Gasteiger charge is -2.12. The maximum atomic E-state index is 5.27. The maximum Gasteiger partial charge on any atom is 0.145 e. The Kier molecular flexibility index (Phi) is 4.44. The summed E-state index contributed by atoms with van der Waals surface area (Å²) in [5.41, 5.74) is 7.31. The average Bonchev–Trinajstić information content (AvgIpc) is 3.37. The summed E-state index contributed by atoms with van der Waals surface area (Å²) in [6, 6.07) is 33.2. The van der Waals surface area contributed by atoms with Crippen molar-refractivity contribution in [2.24, 2.45) is 0 Å². The van der Waals surface area contributed by atoms with Crippen molar-refractivity contribution in [3.63, 3.8) is 0 Å². The normalized spacial score (nSPS) is 11.9. The van der Waals surface area contributed by atoms with Crippen LogP contribution in [0.4, 0.5) is 0 Å². The van der Waals surface area contributed by atoms with Crippen LogP contribution in [0.5, 0.6) is 0 Å². The third kappa shape index (κ3) is 2.86. The van der Waals surface area contributed by atoms with Gasteiger partial charge in [-0.3, -0.25) is 4.40 Å². The fourth-order valence-electron chi connectivity index (χ4n) is 5.90. The van der Waals surface area contributed by atoms with Crippen molar-refractivity contribution in [2.45, 2.75) is 26.7 Å². The number of hydrogen-bond acceptors (Lipinski definition) is 1. The Hall–Kier alpha value is -4.17. The second kappa shape index (κ2) is 7.68. The van der Waals surface area contributed by atoms with E-state index in [1.807, 2.05) is 0 Å². The van der Waals surface area contributed by atoms with Crippen LogP contribution in [0.15, 0.2) is 97.2 Å². The van der Waals surface area contributed by atoms with E-state index < -0.39 is 0 Å². The third-order valence-corrected chi connectivity index (χ3v) is 7.56. The van der Waals surface area contributed by atoms with E-state index in [-0.39, 0.29) is 0 Å². The average molecular weight is 451 g/mol. The second-order valence-corrected chi connectivity index (χ2v) is 9.37. The van der Waals surface area contributed by atoms with Gasteiger partial charge in [0.1, 0.15) is 5.65 Å². The van der Waals surface area contributed by atoms with Crippen molar-refractivity contribution in [2.75, 3.05) is 0 Å². The largest absolute Gasteiger partial charge is 0.298 e. The Bertz CT molecular complexity index is 1900. The highest BCUT2D eigenvalue weighted by Gasteiger charge is 2.17. The molecule has 0 saturated heterocycles. The molecule has 0 spiro atoms. The molecule has 7 rings (SSSR count). The van der Waals surface area contributed by atoms with E-state index in [1.54, 1.807) is 0 Å². The predicted octanol–water partition coefficient (Wildman–Crippen LogP) is 8.74. The Morgan fingerprint density at radius 1 is 0.600 bits per heavy atom. The molecule has 0 aliphatic heterocycles. The molecule has 2 aromatic heterocycles. The van der Waals surface area contributed by atoms with Crippen LogP contribution in [0, 0.1) is 0 Å². The Morgan fingerprint density at radius 3 is 2.03 bits per heavy atom. The van der Waals surface area contributed by atoms with Gasteiger partial charge in [0.25, 0.3) is 0 Å². The SMILES string of the molecule is CCc1cccc(CC)c1-c1cn2c3ccc4c5ccccc5ccc4c3c3ccccc3c2n1. The highest BCUT2D eigenvalue weighted by molar-refractivity contribution is 6.25. The molecule has 0 bridgehead atoms. The zero-order valence-electron chi connectivity index (χ0n) is 20.0. The molecule has 0 amide bonds. The lowest BCUT2D eigenvalue weighted by Crippen LogP contribution is -1.94. The van der Waals surface area contributed by atoms with Gasteiger partial charge < -0.3 is 0 Å². The monoisotopic (exact) mass is 450 g/mol. The minimum atomic E-state index is 0.996. The van der Waals surface area contributed by atoms with Gasteiger partial charge in [-0.05, 0) is 57.0 Å². The molecule has 2 heteroatoms. The first-order valence-electron chi connectivity index (χ1n) is 12.5. The molecular weight excluding hydrogens is 424 g/mol. The highest BCUT2D eigenvalue weighted by atomic mass is 15.0. The van der Waals surface area contributed by atoms with Gasteiger partial charge in [0.05, 0.1) is 11.2 Å². The minimum absolute atomic E-state index is 0.996. The van der Waals surface area contributed by atoms with Crippen molar-refractivity contribution in [3.8, 4) is 11.3 Å². The summed E-state index contributed by atoms with van der Waals surface area (Å²) in [4.78, 5) is 5.27. The summed E-state index contributed by atoms with van der Waals surface area (Å²) < 4.78 is 2.31. The number of aromatic nitrogens is 2. The van der Waals surface area contributed by atoms with E-state index in [9.17, 15) is 0 Å². The number of hydrogen-bond donors (Lipinski definition) is 0. The quantitative estimate of drug-likeness (QED) is 0.246. The van der Waals surface area contributed by atoms with Crippen LogP contribution in [-0.4, -0.2) is 9.38 Å². The maximum absolute atomic E-state index is 5.27. The van der Waals surface area contributed by atoms with Crippen molar-refractivity contribution in [1.82, 2.24) is 9.38 Å². The lowest BCUT2D eigenvalue weighted by atomic mass is 9.95. The Morgan fingerprint density at radius 2 is 1.26 bits per heavy atom. The van der Waals surface area contributed by atoms with Crippen LogP contribution >= 0.6 is 0 Å². The van der Waals surface area contributed by atoms with Crippen molar-refractivity contribution in [3.05, 3.63) is 108 Å². The molecule has 0 N–H and O–H groups in total. The molecule has 0 atom stereocenters. The summed E-state index contributed by atoms with van der Waals surface area (Å²) >= 11 is 0.